The first-order valence-electron chi connectivity index (χ1n) is 11.1. The minimum Gasteiger partial charge on any atom is -0.342 e. The zero-order valence-electron chi connectivity index (χ0n) is 17.7. The SMILES string of the molecule is CC(C)C(=O)C(NC(=O)c1ccc(C2CCN(C)CC2)cc1)C1CCCCC1. The van der Waals surface area contributed by atoms with Crippen molar-refractivity contribution in [1.82, 2.24) is 10.2 Å². The van der Waals surface area contributed by atoms with Gasteiger partial charge in [0.1, 0.15) is 0 Å². The molecule has 1 aliphatic carbocycles. The molecule has 1 saturated heterocycles. The molecule has 1 amide bonds. The summed E-state index contributed by atoms with van der Waals surface area (Å²) in [6.45, 7) is 6.13. The molecule has 154 valence electrons. The Kier molecular flexibility index (Phi) is 7.28. The fourth-order valence-electron chi connectivity index (χ4n) is 4.72. The van der Waals surface area contributed by atoms with E-state index in [0.29, 0.717) is 11.5 Å². The molecule has 1 unspecified atom stereocenters. The molecule has 0 spiro atoms. The highest BCUT2D eigenvalue weighted by Crippen LogP contribution is 2.29. The highest BCUT2D eigenvalue weighted by molar-refractivity contribution is 5.98. The van der Waals surface area contributed by atoms with Crippen molar-refractivity contribution in [3.63, 3.8) is 0 Å². The van der Waals surface area contributed by atoms with E-state index in [4.69, 9.17) is 0 Å². The van der Waals surface area contributed by atoms with Gasteiger partial charge in [-0.1, -0.05) is 45.2 Å². The number of hydrogen-bond donors (Lipinski definition) is 1. The smallest absolute Gasteiger partial charge is 0.251 e. The summed E-state index contributed by atoms with van der Waals surface area (Å²) in [5.41, 5.74) is 1.99. The average Bonchev–Trinajstić information content (AvgIpc) is 2.72. The van der Waals surface area contributed by atoms with E-state index in [1.54, 1.807) is 0 Å². The Hall–Kier alpha value is -1.68. The minimum absolute atomic E-state index is 0.0564. The Labute approximate surface area is 170 Å². The van der Waals surface area contributed by atoms with E-state index >= 15 is 0 Å². The number of piperidine rings is 1. The number of hydrogen-bond acceptors (Lipinski definition) is 3. The predicted octanol–water partition coefficient (Wildman–Crippen LogP) is 4.40. The van der Waals surface area contributed by atoms with Gasteiger partial charge in [-0.05, 0) is 75.4 Å². The zero-order chi connectivity index (χ0) is 20.1. The van der Waals surface area contributed by atoms with Crippen LogP contribution in [-0.2, 0) is 4.79 Å². The standard InChI is InChI=1S/C24H36N2O2/c1-17(2)23(27)22(20-7-5-4-6-8-20)25-24(28)21-11-9-18(10-12-21)19-13-15-26(3)16-14-19/h9-12,17,19-20,22H,4-8,13-16H2,1-3H3,(H,25,28). The van der Waals surface area contributed by atoms with Gasteiger partial charge in [-0.25, -0.2) is 0 Å². The molecule has 1 aliphatic heterocycles. The molecule has 3 rings (SSSR count). The lowest BCUT2D eigenvalue weighted by molar-refractivity contribution is -0.125. The molecule has 1 saturated carbocycles. The molecular weight excluding hydrogens is 348 g/mol. The number of ketones is 1. The van der Waals surface area contributed by atoms with Crippen LogP contribution in [0.15, 0.2) is 24.3 Å². The second-order valence-corrected chi connectivity index (χ2v) is 9.11. The van der Waals surface area contributed by atoms with Crippen molar-refractivity contribution in [2.45, 2.75) is 70.8 Å². The molecular formula is C24H36N2O2. The molecule has 0 bridgehead atoms. The number of benzene rings is 1. The summed E-state index contributed by atoms with van der Waals surface area (Å²) in [5.74, 6) is 0.874. The monoisotopic (exact) mass is 384 g/mol. The van der Waals surface area contributed by atoms with E-state index in [1.165, 1.54) is 24.8 Å². The van der Waals surface area contributed by atoms with Crippen molar-refractivity contribution in [2.24, 2.45) is 11.8 Å². The topological polar surface area (TPSA) is 49.4 Å². The maximum atomic E-state index is 12.9. The second-order valence-electron chi connectivity index (χ2n) is 9.11. The van der Waals surface area contributed by atoms with Crippen LogP contribution in [0.5, 0.6) is 0 Å². The number of carbonyl (C=O) groups is 2. The van der Waals surface area contributed by atoms with E-state index in [1.807, 2.05) is 26.0 Å². The van der Waals surface area contributed by atoms with Gasteiger partial charge in [-0.3, -0.25) is 9.59 Å². The summed E-state index contributed by atoms with van der Waals surface area (Å²) in [4.78, 5) is 28.0. The lowest BCUT2D eigenvalue weighted by atomic mass is 9.80. The van der Waals surface area contributed by atoms with Crippen molar-refractivity contribution in [1.29, 1.82) is 0 Å². The number of likely N-dealkylation sites (tertiary alicyclic amines) is 1. The van der Waals surface area contributed by atoms with Gasteiger partial charge in [0.15, 0.2) is 5.78 Å². The van der Waals surface area contributed by atoms with Crippen LogP contribution in [0, 0.1) is 11.8 Å². The lowest BCUT2D eigenvalue weighted by Gasteiger charge is -2.31. The first-order valence-corrected chi connectivity index (χ1v) is 11.1. The van der Waals surface area contributed by atoms with Crippen LogP contribution in [0.4, 0.5) is 0 Å². The van der Waals surface area contributed by atoms with Crippen LogP contribution >= 0.6 is 0 Å². The molecule has 0 radical (unpaired) electrons. The highest BCUT2D eigenvalue weighted by atomic mass is 16.2. The molecule has 4 heteroatoms. The normalized spacial score (nSPS) is 20.9. The van der Waals surface area contributed by atoms with Gasteiger partial charge in [-0.15, -0.1) is 0 Å². The van der Waals surface area contributed by atoms with Gasteiger partial charge in [0.25, 0.3) is 5.91 Å². The number of rotatable bonds is 6. The molecule has 1 aromatic rings. The third-order valence-corrected chi connectivity index (χ3v) is 6.65. The summed E-state index contributed by atoms with van der Waals surface area (Å²) in [6.07, 6.45) is 7.99. The Morgan fingerprint density at radius 2 is 1.57 bits per heavy atom. The summed E-state index contributed by atoms with van der Waals surface area (Å²) in [6, 6.07) is 7.72. The number of nitrogens with one attached hydrogen (secondary N) is 1. The minimum atomic E-state index is -0.346. The molecule has 2 aliphatic rings. The van der Waals surface area contributed by atoms with Crippen molar-refractivity contribution in [3.8, 4) is 0 Å². The molecule has 4 nitrogen and oxygen atoms in total. The fraction of sp³-hybridized carbons (Fsp3) is 0.667. The van der Waals surface area contributed by atoms with Gasteiger partial charge in [0.05, 0.1) is 6.04 Å². The van der Waals surface area contributed by atoms with Gasteiger partial charge in [0.2, 0.25) is 0 Å². The highest BCUT2D eigenvalue weighted by Gasteiger charge is 2.32. The van der Waals surface area contributed by atoms with Crippen LogP contribution in [0.3, 0.4) is 0 Å². The van der Waals surface area contributed by atoms with E-state index < -0.39 is 0 Å². The third-order valence-electron chi connectivity index (χ3n) is 6.65. The van der Waals surface area contributed by atoms with Crippen molar-refractivity contribution in [3.05, 3.63) is 35.4 Å². The maximum Gasteiger partial charge on any atom is 0.251 e. The van der Waals surface area contributed by atoms with E-state index in [0.717, 1.165) is 38.8 Å². The predicted molar refractivity (Wildman–Crippen MR) is 114 cm³/mol. The largest absolute Gasteiger partial charge is 0.342 e. The molecule has 28 heavy (non-hydrogen) atoms. The fourth-order valence-corrected chi connectivity index (χ4v) is 4.72. The number of Topliss-reactive ketones (excluding diaryl/α,β-unsaturated/α-hetero) is 1. The maximum absolute atomic E-state index is 12.9. The van der Waals surface area contributed by atoms with E-state index in [-0.39, 0.29) is 29.6 Å². The summed E-state index contributed by atoms with van der Waals surface area (Å²) < 4.78 is 0. The molecule has 1 atom stereocenters. The summed E-state index contributed by atoms with van der Waals surface area (Å²) in [7, 11) is 2.17. The molecule has 1 N–H and O–H groups in total. The van der Waals surface area contributed by atoms with E-state index in [9.17, 15) is 9.59 Å². The van der Waals surface area contributed by atoms with Crippen molar-refractivity contribution < 1.29 is 9.59 Å². The Balaban J connectivity index is 1.66. The van der Waals surface area contributed by atoms with Gasteiger partial charge in [-0.2, -0.15) is 0 Å². The Morgan fingerprint density at radius 3 is 2.14 bits per heavy atom. The van der Waals surface area contributed by atoms with Gasteiger partial charge < -0.3 is 10.2 Å². The van der Waals surface area contributed by atoms with Crippen molar-refractivity contribution in [2.75, 3.05) is 20.1 Å². The summed E-state index contributed by atoms with van der Waals surface area (Å²) in [5, 5.41) is 3.09. The van der Waals surface area contributed by atoms with E-state index in [2.05, 4.69) is 29.4 Å². The second kappa shape index (κ2) is 9.69. The first kappa shape index (κ1) is 21.0. The van der Waals surface area contributed by atoms with Gasteiger partial charge in [0, 0.05) is 11.5 Å². The Bertz CT molecular complexity index is 654. The summed E-state index contributed by atoms with van der Waals surface area (Å²) >= 11 is 0. The quantitative estimate of drug-likeness (QED) is 0.791. The van der Waals surface area contributed by atoms with Gasteiger partial charge >= 0.3 is 0 Å². The van der Waals surface area contributed by atoms with Crippen LogP contribution in [0.2, 0.25) is 0 Å². The molecule has 0 aromatic heterocycles. The van der Waals surface area contributed by atoms with Crippen LogP contribution < -0.4 is 5.32 Å². The third kappa shape index (κ3) is 5.22. The molecule has 1 heterocycles. The number of nitrogens with zero attached hydrogens (tertiary/aromatic N) is 1. The first-order chi connectivity index (χ1) is 13.5. The zero-order valence-corrected chi connectivity index (χ0v) is 17.7. The van der Waals surface area contributed by atoms with Crippen molar-refractivity contribution >= 4 is 11.7 Å². The Morgan fingerprint density at radius 1 is 0.964 bits per heavy atom. The average molecular weight is 385 g/mol. The molecule has 1 aromatic carbocycles. The van der Waals surface area contributed by atoms with Crippen LogP contribution in [0.1, 0.15) is 80.6 Å². The lowest BCUT2D eigenvalue weighted by Crippen LogP contribution is -2.48. The van der Waals surface area contributed by atoms with Crippen LogP contribution in [-0.4, -0.2) is 42.8 Å². The number of amides is 1. The number of carbonyl (C=O) groups excluding carboxylic acids is 2. The van der Waals surface area contributed by atoms with Crippen LogP contribution in [0.25, 0.3) is 0 Å². The molecule has 2 fully saturated rings.